The molecule has 12 heteroatoms. The third-order valence-electron chi connectivity index (χ3n) is 7.52. The van der Waals surface area contributed by atoms with Gasteiger partial charge in [0.25, 0.3) is 5.91 Å². The molecule has 3 aliphatic heterocycles. The van der Waals surface area contributed by atoms with Gasteiger partial charge in [0.15, 0.2) is 11.6 Å². The van der Waals surface area contributed by atoms with Gasteiger partial charge in [-0.15, -0.1) is 0 Å². The Morgan fingerprint density at radius 3 is 2.18 bits per heavy atom. The SMILES string of the molecule is CC(C)(C)OC(=O)N[C@H](C(=O)N1CCC[C@H]1C(N)=O)C1C[C@@H]2CC[C@@H](C1)N2C(=O)c1cc(F)c(F)cc1F. The first-order valence-corrected chi connectivity index (χ1v) is 12.8. The number of likely N-dealkylation sites (tertiary alicyclic amines) is 1. The molecule has 0 aromatic heterocycles. The molecule has 9 nitrogen and oxygen atoms in total. The number of fused-ring (bicyclic) bond motifs is 2. The van der Waals surface area contributed by atoms with Gasteiger partial charge in [0.1, 0.15) is 23.5 Å². The summed E-state index contributed by atoms with van der Waals surface area (Å²) < 4.78 is 47.0. The van der Waals surface area contributed by atoms with Crippen LogP contribution in [0.3, 0.4) is 0 Å². The molecule has 0 unspecified atom stereocenters. The Labute approximate surface area is 218 Å². The Kier molecular flexibility index (Phi) is 7.62. The second kappa shape index (κ2) is 10.5. The van der Waals surface area contributed by atoms with Gasteiger partial charge in [-0.25, -0.2) is 18.0 Å². The summed E-state index contributed by atoms with van der Waals surface area (Å²) in [6, 6.07) is -1.71. The second-order valence-electron chi connectivity index (χ2n) is 11.3. The van der Waals surface area contributed by atoms with Crippen LogP contribution in [0.2, 0.25) is 0 Å². The number of nitrogens with zero attached hydrogens (tertiary/aromatic N) is 2. The van der Waals surface area contributed by atoms with E-state index in [2.05, 4.69) is 5.32 Å². The van der Waals surface area contributed by atoms with Crippen LogP contribution < -0.4 is 11.1 Å². The van der Waals surface area contributed by atoms with E-state index in [9.17, 15) is 32.3 Å². The highest BCUT2D eigenvalue weighted by Crippen LogP contribution is 2.41. The van der Waals surface area contributed by atoms with Gasteiger partial charge >= 0.3 is 6.09 Å². The number of nitrogens with two attached hydrogens (primary N) is 1. The number of piperidine rings is 1. The van der Waals surface area contributed by atoms with Gasteiger partial charge in [0.05, 0.1) is 5.56 Å². The number of carbonyl (C=O) groups excluding carboxylic acids is 4. The van der Waals surface area contributed by atoms with E-state index in [4.69, 9.17) is 10.5 Å². The van der Waals surface area contributed by atoms with Crippen LogP contribution in [0.1, 0.15) is 69.7 Å². The van der Waals surface area contributed by atoms with E-state index < -0.39 is 82.5 Å². The highest BCUT2D eigenvalue weighted by Gasteiger charge is 2.49. The molecule has 0 saturated carbocycles. The molecule has 3 saturated heterocycles. The lowest BCUT2D eigenvalue weighted by atomic mass is 9.83. The van der Waals surface area contributed by atoms with E-state index in [1.807, 2.05) is 0 Å². The van der Waals surface area contributed by atoms with Crippen molar-refractivity contribution >= 4 is 23.8 Å². The lowest BCUT2D eigenvalue weighted by Gasteiger charge is -2.42. The molecule has 3 heterocycles. The van der Waals surface area contributed by atoms with Crippen molar-refractivity contribution in [3.8, 4) is 0 Å². The molecule has 4 amide bonds. The van der Waals surface area contributed by atoms with Crippen molar-refractivity contribution in [2.75, 3.05) is 6.54 Å². The monoisotopic (exact) mass is 538 g/mol. The van der Waals surface area contributed by atoms with Crippen molar-refractivity contribution in [1.29, 1.82) is 0 Å². The predicted octanol–water partition coefficient (Wildman–Crippen LogP) is 2.86. The van der Waals surface area contributed by atoms with Crippen LogP contribution in [-0.2, 0) is 14.3 Å². The lowest BCUT2D eigenvalue weighted by molar-refractivity contribution is -0.140. The molecular formula is C26H33F3N4O5. The molecule has 0 spiro atoms. The molecule has 1 aromatic rings. The molecule has 3 fully saturated rings. The van der Waals surface area contributed by atoms with Crippen molar-refractivity contribution in [2.24, 2.45) is 11.7 Å². The number of carbonyl (C=O) groups is 4. The summed E-state index contributed by atoms with van der Waals surface area (Å²) in [5.74, 6) is -6.09. The number of nitrogens with one attached hydrogen (secondary N) is 1. The summed E-state index contributed by atoms with van der Waals surface area (Å²) >= 11 is 0. The normalized spacial score (nSPS) is 25.7. The van der Waals surface area contributed by atoms with Crippen LogP contribution in [-0.4, -0.2) is 69.9 Å². The maximum atomic E-state index is 14.4. The average molecular weight is 539 g/mol. The minimum Gasteiger partial charge on any atom is -0.444 e. The Hall–Kier alpha value is -3.31. The molecule has 0 radical (unpaired) electrons. The van der Waals surface area contributed by atoms with E-state index in [0.29, 0.717) is 57.2 Å². The fourth-order valence-electron chi connectivity index (χ4n) is 5.97. The van der Waals surface area contributed by atoms with Gasteiger partial charge in [-0.05, 0) is 71.3 Å². The minimum absolute atomic E-state index is 0.300. The lowest BCUT2D eigenvalue weighted by Crippen LogP contribution is -2.59. The highest BCUT2D eigenvalue weighted by molar-refractivity contribution is 5.95. The molecule has 38 heavy (non-hydrogen) atoms. The van der Waals surface area contributed by atoms with E-state index in [1.165, 1.54) is 9.80 Å². The standard InChI is InChI=1S/C26H33F3N4O5/c1-26(2,3)38-25(37)31-21(24(36)32-8-4-5-20(32)22(30)34)13-9-14-6-7-15(10-13)33(14)23(35)16-11-18(28)19(29)12-17(16)27/h11-15,20-21H,4-10H2,1-3H3,(H2,30,34)(H,31,37)/t14-,15-,20-,21-/m0/s1. The van der Waals surface area contributed by atoms with E-state index >= 15 is 0 Å². The molecule has 2 bridgehead atoms. The summed E-state index contributed by atoms with van der Waals surface area (Å²) in [5.41, 5.74) is 4.14. The molecule has 4 atom stereocenters. The number of halogens is 3. The van der Waals surface area contributed by atoms with Gasteiger partial charge in [-0.3, -0.25) is 14.4 Å². The zero-order valence-electron chi connectivity index (χ0n) is 21.6. The molecule has 3 N–H and O–H groups in total. The van der Waals surface area contributed by atoms with E-state index in [0.717, 1.165) is 0 Å². The van der Waals surface area contributed by atoms with Gasteiger partial charge in [-0.1, -0.05) is 0 Å². The number of benzene rings is 1. The summed E-state index contributed by atoms with van der Waals surface area (Å²) in [6.45, 7) is 5.39. The number of amides is 4. The number of hydrogen-bond donors (Lipinski definition) is 2. The largest absolute Gasteiger partial charge is 0.444 e. The fraction of sp³-hybridized carbons (Fsp3) is 0.615. The first kappa shape index (κ1) is 27.7. The molecule has 3 aliphatic rings. The van der Waals surface area contributed by atoms with Crippen LogP contribution in [0, 0.1) is 23.4 Å². The third-order valence-corrected chi connectivity index (χ3v) is 7.52. The maximum Gasteiger partial charge on any atom is 0.408 e. The number of rotatable bonds is 5. The van der Waals surface area contributed by atoms with Crippen molar-refractivity contribution < 1.29 is 37.1 Å². The van der Waals surface area contributed by atoms with E-state index in [-0.39, 0.29) is 0 Å². The van der Waals surface area contributed by atoms with Crippen molar-refractivity contribution in [3.05, 3.63) is 35.1 Å². The van der Waals surface area contributed by atoms with Crippen molar-refractivity contribution in [2.45, 2.75) is 89.1 Å². The number of alkyl carbamates (subject to hydrolysis) is 1. The van der Waals surface area contributed by atoms with Crippen LogP contribution in [0.15, 0.2) is 12.1 Å². The predicted molar refractivity (Wildman–Crippen MR) is 129 cm³/mol. The second-order valence-corrected chi connectivity index (χ2v) is 11.3. The third kappa shape index (κ3) is 5.58. The van der Waals surface area contributed by atoms with Gasteiger partial charge in [-0.2, -0.15) is 0 Å². The summed E-state index contributed by atoms with van der Waals surface area (Å²) in [4.78, 5) is 54.4. The van der Waals surface area contributed by atoms with Gasteiger partial charge < -0.3 is 25.6 Å². The Morgan fingerprint density at radius 2 is 1.61 bits per heavy atom. The van der Waals surface area contributed by atoms with Crippen LogP contribution in [0.5, 0.6) is 0 Å². The topological polar surface area (TPSA) is 122 Å². The van der Waals surface area contributed by atoms with Crippen LogP contribution in [0.25, 0.3) is 0 Å². The number of hydrogen-bond acceptors (Lipinski definition) is 5. The van der Waals surface area contributed by atoms with Crippen LogP contribution >= 0.6 is 0 Å². The molecule has 4 rings (SSSR count). The summed E-state index contributed by atoms with van der Waals surface area (Å²) in [7, 11) is 0. The minimum atomic E-state index is -1.38. The zero-order chi connectivity index (χ0) is 27.9. The zero-order valence-corrected chi connectivity index (χ0v) is 21.6. The van der Waals surface area contributed by atoms with Gasteiger partial charge in [0, 0.05) is 24.7 Å². The Balaban J connectivity index is 1.57. The average Bonchev–Trinajstić information content (AvgIpc) is 3.40. The summed E-state index contributed by atoms with van der Waals surface area (Å²) in [5, 5.41) is 2.69. The molecular weight excluding hydrogens is 505 g/mol. The maximum absolute atomic E-state index is 14.4. The molecule has 208 valence electrons. The Bertz CT molecular complexity index is 1130. The Morgan fingerprint density at radius 1 is 1.00 bits per heavy atom. The van der Waals surface area contributed by atoms with E-state index in [1.54, 1.807) is 20.8 Å². The summed E-state index contributed by atoms with van der Waals surface area (Å²) in [6.07, 6.45) is 1.97. The molecule has 0 aliphatic carbocycles. The van der Waals surface area contributed by atoms with Gasteiger partial charge in [0.2, 0.25) is 11.8 Å². The highest BCUT2D eigenvalue weighted by atomic mass is 19.2. The first-order valence-electron chi connectivity index (χ1n) is 12.8. The fourth-order valence-corrected chi connectivity index (χ4v) is 5.97. The smallest absolute Gasteiger partial charge is 0.408 e. The first-order chi connectivity index (χ1) is 17.8. The number of primary amides is 1. The molecule has 1 aromatic carbocycles. The van der Waals surface area contributed by atoms with Crippen LogP contribution in [0.4, 0.5) is 18.0 Å². The quantitative estimate of drug-likeness (QED) is 0.559. The number of ether oxygens (including phenoxy) is 1. The van der Waals surface area contributed by atoms with Crippen molar-refractivity contribution in [1.82, 2.24) is 15.1 Å². The van der Waals surface area contributed by atoms with Crippen molar-refractivity contribution in [3.63, 3.8) is 0 Å².